The highest BCUT2D eigenvalue weighted by molar-refractivity contribution is 5.77. The summed E-state index contributed by atoms with van der Waals surface area (Å²) < 4.78 is 7.76. The number of hydrogen-bond donors (Lipinski definition) is 1. The Morgan fingerprint density at radius 3 is 2.95 bits per heavy atom. The third kappa shape index (κ3) is 2.17. The van der Waals surface area contributed by atoms with Crippen molar-refractivity contribution >= 4 is 11.2 Å². The first-order valence-electron chi connectivity index (χ1n) is 7.93. The molecule has 1 aliphatic rings. The maximum atomic E-state index is 5.71. The van der Waals surface area contributed by atoms with E-state index >= 15 is 0 Å². The number of aromatic nitrogens is 4. The summed E-state index contributed by atoms with van der Waals surface area (Å²) in [4.78, 5) is 8.15. The maximum Gasteiger partial charge on any atom is 0.177 e. The lowest BCUT2D eigenvalue weighted by Gasteiger charge is -2.10. The molecule has 114 valence electrons. The highest BCUT2D eigenvalue weighted by Crippen LogP contribution is 2.40. The molecule has 2 aromatic heterocycles. The van der Waals surface area contributed by atoms with Crippen molar-refractivity contribution in [1.82, 2.24) is 19.7 Å². The third-order valence-corrected chi connectivity index (χ3v) is 4.37. The normalized spacial score (nSPS) is 16.1. The molecule has 5 nitrogen and oxygen atoms in total. The van der Waals surface area contributed by atoms with Gasteiger partial charge in [-0.1, -0.05) is 12.1 Å². The quantitative estimate of drug-likeness (QED) is 0.779. The summed E-state index contributed by atoms with van der Waals surface area (Å²) in [5.74, 6) is 2.45. The fourth-order valence-corrected chi connectivity index (χ4v) is 2.96. The Morgan fingerprint density at radius 2 is 2.18 bits per heavy atom. The fourth-order valence-electron chi connectivity index (χ4n) is 2.96. The van der Waals surface area contributed by atoms with Gasteiger partial charge in [0.25, 0.3) is 0 Å². The molecule has 0 amide bonds. The van der Waals surface area contributed by atoms with Crippen molar-refractivity contribution in [2.45, 2.75) is 32.7 Å². The van der Waals surface area contributed by atoms with Crippen LogP contribution >= 0.6 is 0 Å². The van der Waals surface area contributed by atoms with Crippen LogP contribution in [0.2, 0.25) is 0 Å². The minimum absolute atomic E-state index is 0.413. The van der Waals surface area contributed by atoms with Crippen LogP contribution in [-0.4, -0.2) is 26.4 Å². The molecule has 2 heterocycles. The Balaban J connectivity index is 1.77. The summed E-state index contributed by atoms with van der Waals surface area (Å²) in [5, 5.41) is 4.50. The van der Waals surface area contributed by atoms with Gasteiger partial charge in [-0.2, -0.15) is 5.10 Å². The van der Waals surface area contributed by atoms with Crippen LogP contribution in [0.15, 0.2) is 30.5 Å². The van der Waals surface area contributed by atoms with Crippen LogP contribution in [0.1, 0.15) is 32.7 Å². The first-order chi connectivity index (χ1) is 10.8. The molecule has 1 fully saturated rings. The molecule has 0 spiro atoms. The molecule has 0 radical (unpaired) electrons. The van der Waals surface area contributed by atoms with E-state index in [0.29, 0.717) is 12.6 Å². The number of nitrogens with zero attached hydrogens (tertiary/aromatic N) is 3. The molecule has 1 aromatic carbocycles. The SMILES string of the molecule is CCOc1ccccc1-c1nc2c(cnn2[C@H](C)C2CC2)[nH]1. The Hall–Kier alpha value is -2.30. The summed E-state index contributed by atoms with van der Waals surface area (Å²) in [6.07, 6.45) is 4.47. The number of H-pyrrole nitrogens is 1. The fraction of sp³-hybridized carbons (Fsp3) is 0.412. The van der Waals surface area contributed by atoms with Crippen LogP contribution in [0.4, 0.5) is 0 Å². The number of nitrogens with one attached hydrogen (secondary N) is 1. The molecular formula is C17H20N4O. The summed E-state index contributed by atoms with van der Waals surface area (Å²) in [6, 6.07) is 8.41. The highest BCUT2D eigenvalue weighted by Gasteiger charge is 2.31. The predicted octanol–water partition coefficient (Wildman–Crippen LogP) is 3.80. The minimum atomic E-state index is 0.413. The van der Waals surface area contributed by atoms with E-state index in [2.05, 4.69) is 21.7 Å². The van der Waals surface area contributed by atoms with Crippen molar-refractivity contribution in [3.05, 3.63) is 30.5 Å². The second-order valence-electron chi connectivity index (χ2n) is 5.92. The molecule has 0 aliphatic heterocycles. The van der Waals surface area contributed by atoms with Crippen LogP contribution in [0.25, 0.3) is 22.6 Å². The number of rotatable bonds is 5. The van der Waals surface area contributed by atoms with Crippen molar-refractivity contribution in [1.29, 1.82) is 0 Å². The molecule has 5 heteroatoms. The summed E-state index contributed by atoms with van der Waals surface area (Å²) in [6.45, 7) is 4.86. The third-order valence-electron chi connectivity index (χ3n) is 4.37. The molecule has 3 aromatic rings. The first-order valence-corrected chi connectivity index (χ1v) is 7.93. The van der Waals surface area contributed by atoms with E-state index in [9.17, 15) is 0 Å². The van der Waals surface area contributed by atoms with Crippen molar-refractivity contribution < 1.29 is 4.74 Å². The second kappa shape index (κ2) is 5.16. The van der Waals surface area contributed by atoms with Gasteiger partial charge >= 0.3 is 0 Å². The first kappa shape index (κ1) is 13.4. The number of hydrogen-bond acceptors (Lipinski definition) is 3. The average molecular weight is 296 g/mol. The van der Waals surface area contributed by atoms with E-state index in [0.717, 1.165) is 34.2 Å². The molecule has 22 heavy (non-hydrogen) atoms. The largest absolute Gasteiger partial charge is 0.493 e. The predicted molar refractivity (Wildman–Crippen MR) is 85.9 cm³/mol. The van der Waals surface area contributed by atoms with Crippen LogP contribution in [0, 0.1) is 5.92 Å². The van der Waals surface area contributed by atoms with E-state index in [1.165, 1.54) is 12.8 Å². The number of ether oxygens (including phenoxy) is 1. The molecule has 0 saturated heterocycles. The lowest BCUT2D eigenvalue weighted by Crippen LogP contribution is -2.08. The zero-order valence-corrected chi connectivity index (χ0v) is 12.9. The zero-order valence-electron chi connectivity index (χ0n) is 12.9. The van der Waals surface area contributed by atoms with E-state index in [-0.39, 0.29) is 0 Å². The smallest absolute Gasteiger partial charge is 0.177 e. The van der Waals surface area contributed by atoms with Gasteiger partial charge in [0, 0.05) is 0 Å². The monoisotopic (exact) mass is 296 g/mol. The van der Waals surface area contributed by atoms with Gasteiger partial charge in [-0.3, -0.25) is 0 Å². The number of fused-ring (bicyclic) bond motifs is 1. The Kier molecular flexibility index (Phi) is 3.13. The minimum Gasteiger partial charge on any atom is -0.493 e. The average Bonchev–Trinajstić information content (AvgIpc) is 3.18. The lowest BCUT2D eigenvalue weighted by molar-refractivity contribution is 0.341. The Morgan fingerprint density at radius 1 is 1.36 bits per heavy atom. The summed E-state index contributed by atoms with van der Waals surface area (Å²) in [5.41, 5.74) is 2.90. The van der Waals surface area contributed by atoms with Crippen LogP contribution < -0.4 is 4.74 Å². The van der Waals surface area contributed by atoms with Crippen molar-refractivity contribution in [2.24, 2.45) is 5.92 Å². The number of para-hydroxylation sites is 1. The molecule has 1 atom stereocenters. The van der Waals surface area contributed by atoms with Gasteiger partial charge in [-0.15, -0.1) is 0 Å². The Bertz CT molecular complexity index is 800. The second-order valence-corrected chi connectivity index (χ2v) is 5.92. The van der Waals surface area contributed by atoms with Crippen LogP contribution in [-0.2, 0) is 0 Å². The van der Waals surface area contributed by atoms with Gasteiger partial charge in [-0.05, 0) is 44.7 Å². The van der Waals surface area contributed by atoms with Gasteiger partial charge in [0.15, 0.2) is 5.65 Å². The number of aromatic amines is 1. The van der Waals surface area contributed by atoms with Crippen LogP contribution in [0.3, 0.4) is 0 Å². The van der Waals surface area contributed by atoms with E-state index in [1.54, 1.807) is 0 Å². The summed E-state index contributed by atoms with van der Waals surface area (Å²) in [7, 11) is 0. The van der Waals surface area contributed by atoms with Crippen LogP contribution in [0.5, 0.6) is 5.75 Å². The van der Waals surface area contributed by atoms with E-state index < -0.39 is 0 Å². The molecular weight excluding hydrogens is 276 g/mol. The maximum absolute atomic E-state index is 5.71. The molecule has 1 saturated carbocycles. The lowest BCUT2D eigenvalue weighted by atomic mass is 10.2. The molecule has 0 bridgehead atoms. The van der Waals surface area contributed by atoms with Crippen molar-refractivity contribution in [3.8, 4) is 17.1 Å². The standard InChI is InChI=1S/C17H20N4O/c1-3-22-15-7-5-4-6-13(15)16-19-14-10-18-21(17(14)20-16)11(2)12-8-9-12/h4-7,10-12H,3,8-9H2,1-2H3,(H,19,20)/t11-/m1/s1. The van der Waals surface area contributed by atoms with E-state index in [4.69, 9.17) is 9.72 Å². The van der Waals surface area contributed by atoms with Gasteiger partial charge in [-0.25, -0.2) is 9.67 Å². The van der Waals surface area contributed by atoms with Gasteiger partial charge in [0.05, 0.1) is 24.4 Å². The highest BCUT2D eigenvalue weighted by atomic mass is 16.5. The Labute approximate surface area is 129 Å². The summed E-state index contributed by atoms with van der Waals surface area (Å²) >= 11 is 0. The van der Waals surface area contributed by atoms with Gasteiger partial charge in [0.2, 0.25) is 0 Å². The molecule has 4 rings (SSSR count). The van der Waals surface area contributed by atoms with Crippen molar-refractivity contribution in [3.63, 3.8) is 0 Å². The number of imidazole rings is 1. The van der Waals surface area contributed by atoms with E-state index in [1.807, 2.05) is 37.4 Å². The van der Waals surface area contributed by atoms with Crippen molar-refractivity contribution in [2.75, 3.05) is 6.61 Å². The molecule has 0 unspecified atom stereocenters. The number of benzene rings is 1. The van der Waals surface area contributed by atoms with Gasteiger partial charge in [0.1, 0.15) is 17.1 Å². The molecule has 1 N–H and O–H groups in total. The molecule has 1 aliphatic carbocycles. The van der Waals surface area contributed by atoms with Gasteiger partial charge < -0.3 is 9.72 Å². The topological polar surface area (TPSA) is 55.7 Å². The zero-order chi connectivity index (χ0) is 15.1.